The second-order valence-corrected chi connectivity index (χ2v) is 6.35. The largest absolute Gasteiger partial charge is 0.398 e. The fraction of sp³-hybridized carbons (Fsp3) is 0.538. The van der Waals surface area contributed by atoms with Crippen LogP contribution < -0.4 is 5.73 Å². The van der Waals surface area contributed by atoms with Crippen LogP contribution in [0, 0.1) is 5.82 Å². The van der Waals surface area contributed by atoms with Crippen LogP contribution in [0.3, 0.4) is 0 Å². The maximum atomic E-state index is 13.9. The van der Waals surface area contributed by atoms with Crippen LogP contribution in [0.15, 0.2) is 23.1 Å². The number of nitrogens with two attached hydrogens (primary N) is 1. The monoisotopic (exact) mass is 304 g/mol. The van der Waals surface area contributed by atoms with Crippen molar-refractivity contribution >= 4 is 15.7 Å². The molecule has 0 saturated carbocycles. The molecule has 20 heavy (non-hydrogen) atoms. The molecule has 0 amide bonds. The first-order valence-corrected chi connectivity index (χ1v) is 7.85. The first kappa shape index (κ1) is 16.9. The zero-order chi connectivity index (χ0) is 15.3. The second kappa shape index (κ2) is 7.01. The summed E-state index contributed by atoms with van der Waals surface area (Å²) in [6, 6.07) is 3.58. The normalized spacial score (nSPS) is 13.7. The lowest BCUT2D eigenvalue weighted by molar-refractivity contribution is 0.167. The lowest BCUT2D eigenvalue weighted by Gasteiger charge is -2.28. The quantitative estimate of drug-likeness (QED) is 0.780. The van der Waals surface area contributed by atoms with Gasteiger partial charge >= 0.3 is 0 Å². The van der Waals surface area contributed by atoms with Crippen molar-refractivity contribution in [2.75, 3.05) is 26.0 Å². The van der Waals surface area contributed by atoms with Gasteiger partial charge in [0.25, 0.3) is 0 Å². The lowest BCUT2D eigenvalue weighted by Crippen LogP contribution is -2.41. The van der Waals surface area contributed by atoms with Crippen LogP contribution in [0.4, 0.5) is 10.1 Å². The molecule has 0 aliphatic heterocycles. The summed E-state index contributed by atoms with van der Waals surface area (Å²) in [5.41, 5.74) is 5.55. The molecule has 0 aromatic heterocycles. The number of hydrogen-bond acceptors (Lipinski definition) is 4. The number of halogens is 1. The zero-order valence-electron chi connectivity index (χ0n) is 12.0. The molecule has 0 aliphatic rings. The Morgan fingerprint density at radius 2 is 2.10 bits per heavy atom. The molecule has 0 fully saturated rings. The van der Waals surface area contributed by atoms with Gasteiger partial charge in [0.05, 0.1) is 12.3 Å². The molecule has 7 heteroatoms. The predicted octanol–water partition coefficient (Wildman–Crippen LogP) is 1.84. The summed E-state index contributed by atoms with van der Waals surface area (Å²) in [7, 11) is -2.51. The average molecular weight is 304 g/mol. The fourth-order valence-corrected chi connectivity index (χ4v) is 3.73. The highest BCUT2D eigenvalue weighted by Crippen LogP contribution is 2.27. The van der Waals surface area contributed by atoms with Gasteiger partial charge in [-0.15, -0.1) is 0 Å². The number of ether oxygens (including phenoxy) is 1. The highest BCUT2D eigenvalue weighted by atomic mass is 32.2. The summed E-state index contributed by atoms with van der Waals surface area (Å²) in [6.07, 6.45) is 0.608. The van der Waals surface area contributed by atoms with Crippen LogP contribution in [0.1, 0.15) is 20.3 Å². The Kier molecular flexibility index (Phi) is 5.91. The van der Waals surface area contributed by atoms with E-state index in [1.165, 1.54) is 23.5 Å². The maximum Gasteiger partial charge on any atom is 0.248 e. The Morgan fingerprint density at radius 3 is 2.60 bits per heavy atom. The van der Waals surface area contributed by atoms with E-state index in [9.17, 15) is 12.8 Å². The minimum atomic E-state index is -3.99. The standard InChI is InChI=1S/C13H21FN2O3S/c1-4-10(2)16(8-9-19-3)20(17,18)13-11(14)6-5-7-12(13)15/h5-7,10H,4,8-9,15H2,1-3H3. The third kappa shape index (κ3) is 3.47. The van der Waals surface area contributed by atoms with Gasteiger partial charge in [-0.05, 0) is 25.5 Å². The number of nitrogens with zero attached hydrogens (tertiary/aromatic N) is 1. The smallest absolute Gasteiger partial charge is 0.248 e. The minimum Gasteiger partial charge on any atom is -0.398 e. The molecule has 1 atom stereocenters. The molecule has 1 rings (SSSR count). The van der Waals surface area contributed by atoms with E-state index in [2.05, 4.69) is 0 Å². The first-order valence-electron chi connectivity index (χ1n) is 6.41. The summed E-state index contributed by atoms with van der Waals surface area (Å²) in [4.78, 5) is -0.462. The van der Waals surface area contributed by atoms with Gasteiger partial charge < -0.3 is 10.5 Å². The van der Waals surface area contributed by atoms with Crippen LogP contribution in [-0.4, -0.2) is 39.0 Å². The van der Waals surface area contributed by atoms with Crippen molar-refractivity contribution in [3.05, 3.63) is 24.0 Å². The second-order valence-electron chi connectivity index (χ2n) is 4.52. The Hall–Kier alpha value is -1.18. The Bertz CT molecular complexity index is 528. The van der Waals surface area contributed by atoms with Crippen LogP contribution in [0.2, 0.25) is 0 Å². The van der Waals surface area contributed by atoms with Crippen LogP contribution in [0.25, 0.3) is 0 Å². The van der Waals surface area contributed by atoms with E-state index in [4.69, 9.17) is 10.5 Å². The molecule has 114 valence electrons. The molecule has 0 spiro atoms. The molecule has 2 N–H and O–H groups in total. The van der Waals surface area contributed by atoms with E-state index >= 15 is 0 Å². The number of hydrogen-bond donors (Lipinski definition) is 1. The number of benzene rings is 1. The van der Waals surface area contributed by atoms with Crippen LogP contribution >= 0.6 is 0 Å². The number of anilines is 1. The van der Waals surface area contributed by atoms with E-state index in [1.54, 1.807) is 6.92 Å². The molecule has 0 saturated heterocycles. The zero-order valence-corrected chi connectivity index (χ0v) is 12.8. The summed E-state index contributed by atoms with van der Waals surface area (Å²) >= 11 is 0. The highest BCUT2D eigenvalue weighted by Gasteiger charge is 2.32. The molecular weight excluding hydrogens is 283 g/mol. The maximum absolute atomic E-state index is 13.9. The summed E-state index contributed by atoms with van der Waals surface area (Å²) in [6.45, 7) is 4.02. The van der Waals surface area contributed by atoms with Crippen molar-refractivity contribution in [1.29, 1.82) is 0 Å². The molecular formula is C13H21FN2O3S. The number of rotatable bonds is 7. The Labute approximate surface area is 119 Å². The number of nitrogen functional groups attached to an aromatic ring is 1. The molecule has 1 aromatic rings. The van der Waals surface area contributed by atoms with Crippen molar-refractivity contribution in [2.45, 2.75) is 31.2 Å². The van der Waals surface area contributed by atoms with E-state index < -0.39 is 20.7 Å². The fourth-order valence-electron chi connectivity index (χ4n) is 1.88. The van der Waals surface area contributed by atoms with Gasteiger partial charge in [-0.2, -0.15) is 4.31 Å². The summed E-state index contributed by atoms with van der Waals surface area (Å²) in [5, 5.41) is 0. The minimum absolute atomic E-state index is 0.0873. The molecule has 1 aromatic carbocycles. The molecule has 0 heterocycles. The van der Waals surface area contributed by atoms with E-state index in [1.807, 2.05) is 6.92 Å². The molecule has 0 bridgehead atoms. The van der Waals surface area contributed by atoms with Gasteiger partial charge in [0.15, 0.2) is 0 Å². The third-order valence-electron chi connectivity index (χ3n) is 3.16. The molecule has 1 unspecified atom stereocenters. The van der Waals surface area contributed by atoms with Gasteiger partial charge in [-0.25, -0.2) is 12.8 Å². The van der Waals surface area contributed by atoms with Crippen molar-refractivity contribution in [3.8, 4) is 0 Å². The van der Waals surface area contributed by atoms with E-state index in [0.29, 0.717) is 6.42 Å². The first-order chi connectivity index (χ1) is 9.36. The molecule has 5 nitrogen and oxygen atoms in total. The Morgan fingerprint density at radius 1 is 1.45 bits per heavy atom. The van der Waals surface area contributed by atoms with Crippen LogP contribution in [0.5, 0.6) is 0 Å². The van der Waals surface area contributed by atoms with E-state index in [0.717, 1.165) is 6.07 Å². The summed E-state index contributed by atoms with van der Waals surface area (Å²) < 4.78 is 45.3. The topological polar surface area (TPSA) is 72.6 Å². The van der Waals surface area contributed by atoms with Crippen molar-refractivity contribution in [1.82, 2.24) is 4.31 Å². The molecule has 0 radical (unpaired) electrons. The number of methoxy groups -OCH3 is 1. The van der Waals surface area contributed by atoms with Crippen molar-refractivity contribution < 1.29 is 17.5 Å². The lowest BCUT2D eigenvalue weighted by atomic mass is 10.3. The van der Waals surface area contributed by atoms with Crippen molar-refractivity contribution in [3.63, 3.8) is 0 Å². The highest BCUT2D eigenvalue weighted by molar-refractivity contribution is 7.89. The third-order valence-corrected chi connectivity index (χ3v) is 5.27. The van der Waals surface area contributed by atoms with Gasteiger partial charge in [0, 0.05) is 19.7 Å². The van der Waals surface area contributed by atoms with E-state index in [-0.39, 0.29) is 24.9 Å². The van der Waals surface area contributed by atoms with Gasteiger partial charge in [-0.1, -0.05) is 13.0 Å². The predicted molar refractivity (Wildman–Crippen MR) is 76.3 cm³/mol. The number of sulfonamides is 1. The van der Waals surface area contributed by atoms with Crippen LogP contribution in [-0.2, 0) is 14.8 Å². The van der Waals surface area contributed by atoms with Gasteiger partial charge in [0.1, 0.15) is 10.7 Å². The Balaban J connectivity index is 3.29. The average Bonchev–Trinajstić information content (AvgIpc) is 2.38. The summed E-state index contributed by atoms with van der Waals surface area (Å²) in [5.74, 6) is -0.837. The van der Waals surface area contributed by atoms with Crippen molar-refractivity contribution in [2.24, 2.45) is 0 Å². The van der Waals surface area contributed by atoms with Gasteiger partial charge in [-0.3, -0.25) is 0 Å². The molecule has 0 aliphatic carbocycles. The van der Waals surface area contributed by atoms with Gasteiger partial charge in [0.2, 0.25) is 10.0 Å². The SMILES string of the molecule is CCC(C)N(CCOC)S(=O)(=O)c1c(N)cccc1F.